The number of amides is 1. The summed E-state index contributed by atoms with van der Waals surface area (Å²) in [7, 11) is 0. The summed E-state index contributed by atoms with van der Waals surface area (Å²) < 4.78 is 4.99. The van der Waals surface area contributed by atoms with Gasteiger partial charge in [-0.2, -0.15) is 0 Å². The van der Waals surface area contributed by atoms with Crippen molar-refractivity contribution in [3.8, 4) is 0 Å². The first-order valence-corrected chi connectivity index (χ1v) is 5.88. The van der Waals surface area contributed by atoms with E-state index in [-0.39, 0.29) is 23.5 Å². The van der Waals surface area contributed by atoms with Gasteiger partial charge in [0.2, 0.25) is 0 Å². The van der Waals surface area contributed by atoms with Crippen molar-refractivity contribution in [3.63, 3.8) is 0 Å². The lowest BCUT2D eigenvalue weighted by molar-refractivity contribution is -0.120. The van der Waals surface area contributed by atoms with Gasteiger partial charge in [-0.3, -0.25) is 4.79 Å². The summed E-state index contributed by atoms with van der Waals surface area (Å²) >= 11 is 5.95. The van der Waals surface area contributed by atoms with Crippen molar-refractivity contribution in [3.05, 3.63) is 29.4 Å². The van der Waals surface area contributed by atoms with Crippen LogP contribution in [-0.4, -0.2) is 29.1 Å². The van der Waals surface area contributed by atoms with E-state index in [4.69, 9.17) is 16.3 Å². The van der Waals surface area contributed by atoms with E-state index in [9.17, 15) is 4.79 Å². The van der Waals surface area contributed by atoms with Crippen molar-refractivity contribution in [2.45, 2.75) is 6.92 Å². The quantitative estimate of drug-likeness (QED) is 0.921. The lowest BCUT2D eigenvalue weighted by Gasteiger charge is -2.07. The summed E-state index contributed by atoms with van der Waals surface area (Å²) in [6.45, 7) is 2.27. The number of benzene rings is 1. The molecule has 2 aromatic rings. The van der Waals surface area contributed by atoms with Crippen LogP contribution in [0.3, 0.4) is 0 Å². The van der Waals surface area contributed by atoms with E-state index >= 15 is 0 Å². The zero-order chi connectivity index (χ0) is 13.0. The highest BCUT2D eigenvalue weighted by atomic mass is 35.5. The van der Waals surface area contributed by atoms with E-state index in [2.05, 4.69) is 15.3 Å². The third kappa shape index (κ3) is 2.94. The first-order valence-electron chi connectivity index (χ1n) is 5.50. The van der Waals surface area contributed by atoms with Crippen molar-refractivity contribution < 1.29 is 9.53 Å². The van der Waals surface area contributed by atoms with Gasteiger partial charge in [0, 0.05) is 6.61 Å². The van der Waals surface area contributed by atoms with Gasteiger partial charge in [-0.05, 0) is 19.1 Å². The van der Waals surface area contributed by atoms with Crippen LogP contribution in [0.1, 0.15) is 6.92 Å². The maximum absolute atomic E-state index is 11.5. The van der Waals surface area contributed by atoms with E-state index in [1.54, 1.807) is 12.1 Å². The molecule has 0 radical (unpaired) electrons. The Morgan fingerprint density at radius 1 is 1.33 bits per heavy atom. The molecule has 2 rings (SSSR count). The van der Waals surface area contributed by atoms with Crippen LogP contribution in [0.4, 0.5) is 5.82 Å². The molecule has 0 aliphatic rings. The minimum Gasteiger partial charge on any atom is -0.372 e. The summed E-state index contributed by atoms with van der Waals surface area (Å²) in [6, 6.07) is 7.30. The average Bonchev–Trinajstić information content (AvgIpc) is 2.37. The molecule has 6 heteroatoms. The highest BCUT2D eigenvalue weighted by Crippen LogP contribution is 2.20. The third-order valence-electron chi connectivity index (χ3n) is 2.22. The van der Waals surface area contributed by atoms with Gasteiger partial charge in [0.15, 0.2) is 11.0 Å². The van der Waals surface area contributed by atoms with Gasteiger partial charge in [0.25, 0.3) is 5.91 Å². The van der Waals surface area contributed by atoms with Crippen molar-refractivity contribution in [1.82, 2.24) is 9.97 Å². The number of hydrogen-bond donors (Lipinski definition) is 1. The van der Waals surface area contributed by atoms with E-state index in [1.807, 2.05) is 19.1 Å². The van der Waals surface area contributed by atoms with Crippen LogP contribution >= 0.6 is 11.6 Å². The maximum Gasteiger partial charge on any atom is 0.251 e. The first-order chi connectivity index (χ1) is 8.70. The number of aromatic nitrogens is 2. The van der Waals surface area contributed by atoms with Gasteiger partial charge < -0.3 is 10.1 Å². The highest BCUT2D eigenvalue weighted by molar-refractivity contribution is 6.32. The molecule has 1 aromatic carbocycles. The smallest absolute Gasteiger partial charge is 0.251 e. The van der Waals surface area contributed by atoms with Crippen molar-refractivity contribution in [1.29, 1.82) is 0 Å². The largest absolute Gasteiger partial charge is 0.372 e. The fraction of sp³-hybridized carbons (Fsp3) is 0.250. The molecule has 18 heavy (non-hydrogen) atoms. The SMILES string of the molecule is CCOCC(=O)Nc1nc2ccccc2nc1Cl. The van der Waals surface area contributed by atoms with Crippen molar-refractivity contribution in [2.75, 3.05) is 18.5 Å². The van der Waals surface area contributed by atoms with E-state index in [1.165, 1.54) is 0 Å². The highest BCUT2D eigenvalue weighted by Gasteiger charge is 2.09. The molecule has 5 nitrogen and oxygen atoms in total. The zero-order valence-corrected chi connectivity index (χ0v) is 10.6. The number of carbonyl (C=O) groups excluding carboxylic acids is 1. The minimum atomic E-state index is -0.302. The Labute approximate surface area is 109 Å². The van der Waals surface area contributed by atoms with Gasteiger partial charge >= 0.3 is 0 Å². The molecule has 0 saturated carbocycles. The fourth-order valence-corrected chi connectivity index (χ4v) is 1.60. The first kappa shape index (κ1) is 12.7. The second-order valence-electron chi connectivity index (χ2n) is 3.54. The normalized spacial score (nSPS) is 10.6. The Hall–Kier alpha value is -1.72. The molecule has 94 valence electrons. The molecular weight excluding hydrogens is 254 g/mol. The molecule has 0 unspecified atom stereocenters. The molecule has 0 saturated heterocycles. The number of anilines is 1. The third-order valence-corrected chi connectivity index (χ3v) is 2.49. The summed E-state index contributed by atoms with van der Waals surface area (Å²) in [4.78, 5) is 19.9. The molecular formula is C12H12ClN3O2. The average molecular weight is 266 g/mol. The molecule has 0 spiro atoms. The molecule has 0 bridgehead atoms. The van der Waals surface area contributed by atoms with Gasteiger partial charge in [0.05, 0.1) is 11.0 Å². The number of nitrogens with one attached hydrogen (secondary N) is 1. The van der Waals surface area contributed by atoms with Gasteiger partial charge in [0.1, 0.15) is 6.61 Å². The lowest BCUT2D eigenvalue weighted by Crippen LogP contribution is -2.19. The predicted octanol–water partition coefficient (Wildman–Crippen LogP) is 2.26. The topological polar surface area (TPSA) is 64.1 Å². The van der Waals surface area contributed by atoms with Crippen LogP contribution in [0.25, 0.3) is 11.0 Å². The van der Waals surface area contributed by atoms with E-state index < -0.39 is 0 Å². The Morgan fingerprint density at radius 3 is 2.67 bits per heavy atom. The lowest BCUT2D eigenvalue weighted by atomic mass is 10.3. The number of nitrogens with zero attached hydrogens (tertiary/aromatic N) is 2. The second kappa shape index (κ2) is 5.75. The standard InChI is InChI=1S/C12H12ClN3O2/c1-2-18-7-10(17)16-12-11(13)14-8-5-3-4-6-9(8)15-12/h3-6H,2,7H2,1H3,(H,15,16,17). The monoisotopic (exact) mass is 265 g/mol. The molecule has 0 aliphatic carbocycles. The molecule has 1 aromatic heterocycles. The summed E-state index contributed by atoms with van der Waals surface area (Å²) in [6.07, 6.45) is 0. The minimum absolute atomic E-state index is 0.0265. The van der Waals surface area contributed by atoms with Crippen LogP contribution in [0.2, 0.25) is 5.15 Å². The van der Waals surface area contributed by atoms with Crippen LogP contribution in [0, 0.1) is 0 Å². The Morgan fingerprint density at radius 2 is 2.00 bits per heavy atom. The Bertz CT molecular complexity index is 574. The molecule has 1 amide bonds. The number of halogens is 1. The Balaban J connectivity index is 2.22. The molecule has 0 fully saturated rings. The van der Waals surface area contributed by atoms with Crippen LogP contribution in [0.15, 0.2) is 24.3 Å². The predicted molar refractivity (Wildman–Crippen MR) is 69.7 cm³/mol. The number of ether oxygens (including phenoxy) is 1. The van der Waals surface area contributed by atoms with Gasteiger partial charge in [-0.25, -0.2) is 9.97 Å². The van der Waals surface area contributed by atoms with Crippen LogP contribution in [-0.2, 0) is 9.53 Å². The molecule has 0 atom stereocenters. The molecule has 1 N–H and O–H groups in total. The Kier molecular flexibility index (Phi) is 4.07. The van der Waals surface area contributed by atoms with E-state index in [0.717, 1.165) is 0 Å². The number of rotatable bonds is 4. The van der Waals surface area contributed by atoms with Crippen molar-refractivity contribution in [2.24, 2.45) is 0 Å². The van der Waals surface area contributed by atoms with Gasteiger partial charge in [-0.15, -0.1) is 0 Å². The summed E-state index contributed by atoms with van der Waals surface area (Å²) in [5.41, 5.74) is 1.36. The molecule has 0 aliphatic heterocycles. The number of fused-ring (bicyclic) bond motifs is 1. The van der Waals surface area contributed by atoms with Crippen LogP contribution < -0.4 is 5.32 Å². The summed E-state index contributed by atoms with van der Waals surface area (Å²) in [5, 5.41) is 2.73. The fourth-order valence-electron chi connectivity index (χ4n) is 1.42. The number of para-hydroxylation sites is 2. The number of hydrogen-bond acceptors (Lipinski definition) is 4. The van der Waals surface area contributed by atoms with E-state index in [0.29, 0.717) is 17.6 Å². The maximum atomic E-state index is 11.5. The van der Waals surface area contributed by atoms with Crippen molar-refractivity contribution >= 4 is 34.4 Å². The summed E-state index contributed by atoms with van der Waals surface area (Å²) in [5.74, 6) is -0.0524. The number of carbonyl (C=O) groups is 1. The van der Waals surface area contributed by atoms with Gasteiger partial charge in [-0.1, -0.05) is 23.7 Å². The zero-order valence-electron chi connectivity index (χ0n) is 9.81. The second-order valence-corrected chi connectivity index (χ2v) is 3.90. The molecule has 1 heterocycles. The van der Waals surface area contributed by atoms with Crippen LogP contribution in [0.5, 0.6) is 0 Å².